The van der Waals surface area contributed by atoms with Crippen LogP contribution in [-0.4, -0.2) is 29.6 Å². The van der Waals surface area contributed by atoms with E-state index in [0.29, 0.717) is 5.54 Å². The first kappa shape index (κ1) is 12.8. The summed E-state index contributed by atoms with van der Waals surface area (Å²) in [6.45, 7) is 3.63. The van der Waals surface area contributed by atoms with Crippen LogP contribution in [0, 0.1) is 5.92 Å². The van der Waals surface area contributed by atoms with E-state index in [2.05, 4.69) is 40.5 Å². The summed E-state index contributed by atoms with van der Waals surface area (Å²) >= 11 is 0. The lowest BCUT2D eigenvalue weighted by atomic mass is 9.90. The molecule has 1 aliphatic heterocycles. The van der Waals surface area contributed by atoms with Crippen molar-refractivity contribution in [2.75, 3.05) is 13.1 Å². The van der Waals surface area contributed by atoms with Crippen molar-refractivity contribution in [3.8, 4) is 0 Å². The molecule has 20 heavy (non-hydrogen) atoms. The second-order valence-electron chi connectivity index (χ2n) is 7.16. The molecule has 2 heteroatoms. The molecule has 2 saturated carbocycles. The lowest BCUT2D eigenvalue weighted by molar-refractivity contribution is 0.0627. The zero-order valence-electron chi connectivity index (χ0n) is 12.4. The first-order valence-electron chi connectivity index (χ1n) is 8.38. The summed E-state index contributed by atoms with van der Waals surface area (Å²) in [6, 6.07) is 11.8. The number of rotatable bonds is 3. The van der Waals surface area contributed by atoms with Crippen LogP contribution in [0.15, 0.2) is 30.3 Å². The molecular formula is C18H26N2. The van der Waals surface area contributed by atoms with E-state index < -0.39 is 0 Å². The van der Waals surface area contributed by atoms with E-state index in [-0.39, 0.29) is 0 Å². The lowest BCUT2D eigenvalue weighted by Crippen LogP contribution is -2.63. The topological polar surface area (TPSA) is 15.3 Å². The summed E-state index contributed by atoms with van der Waals surface area (Å²) in [5.41, 5.74) is 1.92. The Labute approximate surface area is 122 Å². The maximum absolute atomic E-state index is 3.94. The van der Waals surface area contributed by atoms with Gasteiger partial charge in [0.05, 0.1) is 0 Å². The average molecular weight is 270 g/mol. The van der Waals surface area contributed by atoms with E-state index >= 15 is 0 Å². The van der Waals surface area contributed by atoms with Crippen LogP contribution in [0.25, 0.3) is 0 Å². The van der Waals surface area contributed by atoms with Crippen molar-refractivity contribution in [2.24, 2.45) is 5.92 Å². The average Bonchev–Trinajstić information content (AvgIpc) is 3.22. The fourth-order valence-electron chi connectivity index (χ4n) is 4.34. The third-order valence-corrected chi connectivity index (χ3v) is 5.62. The number of nitrogens with one attached hydrogen (secondary N) is 1. The van der Waals surface area contributed by atoms with Gasteiger partial charge in [0.25, 0.3) is 0 Å². The normalized spacial score (nSPS) is 29.9. The Balaban J connectivity index is 1.52. The van der Waals surface area contributed by atoms with Crippen LogP contribution in [0.5, 0.6) is 0 Å². The second kappa shape index (κ2) is 5.16. The number of benzene rings is 1. The van der Waals surface area contributed by atoms with Gasteiger partial charge in [-0.1, -0.05) is 43.2 Å². The maximum Gasteiger partial charge on any atom is 0.0309 e. The minimum absolute atomic E-state index is 0.445. The summed E-state index contributed by atoms with van der Waals surface area (Å²) in [4.78, 5) is 2.80. The van der Waals surface area contributed by atoms with Gasteiger partial charge in [-0.15, -0.1) is 0 Å². The van der Waals surface area contributed by atoms with Crippen molar-refractivity contribution >= 4 is 0 Å². The van der Waals surface area contributed by atoms with Crippen LogP contribution >= 0.6 is 0 Å². The third-order valence-electron chi connectivity index (χ3n) is 5.62. The van der Waals surface area contributed by atoms with Crippen molar-refractivity contribution < 1.29 is 0 Å². The molecule has 3 aliphatic rings. The predicted octanol–water partition coefficient (Wildman–Crippen LogP) is 3.18. The molecule has 2 aliphatic carbocycles. The Morgan fingerprint density at radius 1 is 1.10 bits per heavy atom. The maximum atomic E-state index is 3.94. The van der Waals surface area contributed by atoms with Gasteiger partial charge in [0.2, 0.25) is 0 Å². The molecule has 0 radical (unpaired) electrons. The minimum Gasteiger partial charge on any atom is -0.308 e. The van der Waals surface area contributed by atoms with Crippen molar-refractivity contribution in [3.63, 3.8) is 0 Å². The largest absolute Gasteiger partial charge is 0.308 e. The molecule has 2 nitrogen and oxygen atoms in total. The van der Waals surface area contributed by atoms with Gasteiger partial charge in [0.15, 0.2) is 0 Å². The van der Waals surface area contributed by atoms with Crippen molar-refractivity contribution in [1.29, 1.82) is 0 Å². The fourth-order valence-corrected chi connectivity index (χ4v) is 4.34. The highest BCUT2D eigenvalue weighted by molar-refractivity contribution is 5.16. The quantitative estimate of drug-likeness (QED) is 0.907. The van der Waals surface area contributed by atoms with Gasteiger partial charge in [-0.25, -0.2) is 0 Å². The number of piperazine rings is 1. The predicted molar refractivity (Wildman–Crippen MR) is 82.6 cm³/mol. The fraction of sp³-hybridized carbons (Fsp3) is 0.667. The summed E-state index contributed by atoms with van der Waals surface area (Å²) in [5.74, 6) is 0.963. The molecule has 3 fully saturated rings. The second-order valence-corrected chi connectivity index (χ2v) is 7.16. The van der Waals surface area contributed by atoms with Gasteiger partial charge < -0.3 is 5.32 Å². The van der Waals surface area contributed by atoms with Crippen LogP contribution in [0.2, 0.25) is 0 Å². The van der Waals surface area contributed by atoms with E-state index in [1.54, 1.807) is 0 Å². The van der Waals surface area contributed by atoms with Gasteiger partial charge in [-0.3, -0.25) is 4.90 Å². The summed E-state index contributed by atoms with van der Waals surface area (Å²) < 4.78 is 0. The van der Waals surface area contributed by atoms with Gasteiger partial charge in [-0.2, -0.15) is 0 Å². The van der Waals surface area contributed by atoms with E-state index in [0.717, 1.165) is 18.5 Å². The Bertz CT molecular complexity index is 446. The highest BCUT2D eigenvalue weighted by Gasteiger charge is 2.45. The van der Waals surface area contributed by atoms with E-state index in [9.17, 15) is 0 Å². The molecule has 0 amide bonds. The molecule has 1 spiro atoms. The molecule has 1 saturated heterocycles. The molecule has 108 valence electrons. The molecule has 1 atom stereocenters. The van der Waals surface area contributed by atoms with Gasteiger partial charge >= 0.3 is 0 Å². The highest BCUT2D eigenvalue weighted by atomic mass is 15.3. The Hall–Kier alpha value is -0.860. The number of nitrogens with zero attached hydrogens (tertiary/aromatic N) is 1. The highest BCUT2D eigenvalue weighted by Crippen LogP contribution is 2.41. The smallest absolute Gasteiger partial charge is 0.0309 e. The Morgan fingerprint density at radius 3 is 2.55 bits per heavy atom. The Kier molecular flexibility index (Phi) is 3.31. The minimum atomic E-state index is 0.445. The van der Waals surface area contributed by atoms with Gasteiger partial charge in [-0.05, 0) is 37.2 Å². The molecule has 0 bridgehead atoms. The number of hydrogen-bond donors (Lipinski definition) is 1. The zero-order valence-corrected chi connectivity index (χ0v) is 12.4. The SMILES string of the molecule is c1ccc(CN2CC3(CCCC3)NCC2C2CC2)cc1. The molecule has 1 aromatic rings. The molecule has 1 aromatic carbocycles. The van der Waals surface area contributed by atoms with Crippen LogP contribution in [-0.2, 0) is 6.54 Å². The van der Waals surface area contributed by atoms with Gasteiger partial charge in [0.1, 0.15) is 0 Å². The first-order valence-corrected chi connectivity index (χ1v) is 8.38. The zero-order chi connectivity index (χ0) is 13.4. The molecule has 4 rings (SSSR count). The number of hydrogen-bond acceptors (Lipinski definition) is 2. The molecule has 0 aromatic heterocycles. The third kappa shape index (κ3) is 2.51. The van der Waals surface area contributed by atoms with E-state index in [1.165, 1.54) is 57.2 Å². The first-order chi connectivity index (χ1) is 9.85. The van der Waals surface area contributed by atoms with E-state index in [4.69, 9.17) is 0 Å². The summed E-state index contributed by atoms with van der Waals surface area (Å²) in [6.07, 6.45) is 8.50. The Morgan fingerprint density at radius 2 is 1.85 bits per heavy atom. The summed E-state index contributed by atoms with van der Waals surface area (Å²) in [5, 5.41) is 3.94. The summed E-state index contributed by atoms with van der Waals surface area (Å²) in [7, 11) is 0. The molecule has 1 unspecified atom stereocenters. The van der Waals surface area contributed by atoms with Crippen molar-refractivity contribution in [2.45, 2.75) is 56.7 Å². The van der Waals surface area contributed by atoms with Crippen LogP contribution in [0.4, 0.5) is 0 Å². The monoisotopic (exact) mass is 270 g/mol. The standard InChI is InChI=1S/C18H26N2/c1-2-6-15(7-3-1)13-20-14-18(10-4-5-11-18)19-12-17(20)16-8-9-16/h1-3,6-7,16-17,19H,4-5,8-14H2. The van der Waals surface area contributed by atoms with Crippen molar-refractivity contribution in [1.82, 2.24) is 10.2 Å². The molecular weight excluding hydrogens is 244 g/mol. The van der Waals surface area contributed by atoms with Crippen LogP contribution in [0.1, 0.15) is 44.1 Å². The molecule has 1 heterocycles. The van der Waals surface area contributed by atoms with E-state index in [1.807, 2.05) is 0 Å². The van der Waals surface area contributed by atoms with Gasteiger partial charge in [0, 0.05) is 31.2 Å². The van der Waals surface area contributed by atoms with Crippen molar-refractivity contribution in [3.05, 3.63) is 35.9 Å². The molecule has 1 N–H and O–H groups in total. The van der Waals surface area contributed by atoms with Crippen LogP contribution < -0.4 is 5.32 Å². The lowest BCUT2D eigenvalue weighted by Gasteiger charge is -2.47. The van der Waals surface area contributed by atoms with Crippen LogP contribution in [0.3, 0.4) is 0 Å².